The molecule has 0 atom stereocenters. The molecule has 0 unspecified atom stereocenters. The van der Waals surface area contributed by atoms with Crippen LogP contribution in [0.5, 0.6) is 0 Å². The minimum Gasteiger partial charge on any atom is -0.457 e. The maximum atomic E-state index is 11.8. The summed E-state index contributed by atoms with van der Waals surface area (Å²) in [7, 11) is 0. The number of carbonyl (C=O) groups excluding carboxylic acids is 1. The Kier molecular flexibility index (Phi) is 5.07. The molecule has 6 rings (SSSR count). The summed E-state index contributed by atoms with van der Waals surface area (Å²) in [6.45, 7) is 5.62. The van der Waals surface area contributed by atoms with Crippen molar-refractivity contribution < 1.29 is 9.53 Å². The van der Waals surface area contributed by atoms with Crippen LogP contribution in [0.15, 0.2) is 36.5 Å². The summed E-state index contributed by atoms with van der Waals surface area (Å²) in [5.74, 6) is 3.56. The van der Waals surface area contributed by atoms with Gasteiger partial charge in [0.1, 0.15) is 11.4 Å². The third-order valence-electron chi connectivity index (χ3n) is 7.38. The summed E-state index contributed by atoms with van der Waals surface area (Å²) in [5.41, 5.74) is 3.41. The second-order valence-electron chi connectivity index (χ2n) is 11.2. The number of hydrogen-bond acceptors (Lipinski definition) is 3. The van der Waals surface area contributed by atoms with Gasteiger partial charge in [0.15, 0.2) is 0 Å². The SMILES string of the molecule is CC(C)(C)OC(=O)/C=C/c1ccc(Cc2nc(C34CC5CC(CC(C5)C3)C4)c[nH]2)cc1. The van der Waals surface area contributed by atoms with Gasteiger partial charge in [0.2, 0.25) is 0 Å². The molecule has 1 aromatic carbocycles. The number of carbonyl (C=O) groups is 1. The first-order chi connectivity index (χ1) is 14.8. The molecular formula is C27H34N2O2. The van der Waals surface area contributed by atoms with E-state index in [9.17, 15) is 4.79 Å². The molecule has 0 aliphatic heterocycles. The first kappa shape index (κ1) is 20.5. The average Bonchev–Trinajstić information content (AvgIpc) is 3.15. The predicted octanol–water partition coefficient (Wildman–Crippen LogP) is 5.82. The Morgan fingerprint density at radius 2 is 1.71 bits per heavy atom. The smallest absolute Gasteiger partial charge is 0.331 e. The number of hydrogen-bond donors (Lipinski definition) is 1. The maximum Gasteiger partial charge on any atom is 0.331 e. The van der Waals surface area contributed by atoms with Gasteiger partial charge in [0, 0.05) is 24.1 Å². The summed E-state index contributed by atoms with van der Waals surface area (Å²) in [4.78, 5) is 20.4. The van der Waals surface area contributed by atoms with Gasteiger partial charge in [-0.25, -0.2) is 9.78 Å². The van der Waals surface area contributed by atoms with Crippen molar-refractivity contribution in [3.63, 3.8) is 0 Å². The maximum absolute atomic E-state index is 11.8. The fraction of sp³-hybridized carbons (Fsp3) is 0.556. The third-order valence-corrected chi connectivity index (χ3v) is 7.38. The Labute approximate surface area is 185 Å². The van der Waals surface area contributed by atoms with Crippen molar-refractivity contribution in [3.05, 3.63) is 59.2 Å². The van der Waals surface area contributed by atoms with Crippen LogP contribution in [0.1, 0.15) is 81.9 Å². The third kappa shape index (κ3) is 4.49. The molecule has 4 bridgehead atoms. The van der Waals surface area contributed by atoms with E-state index in [2.05, 4.69) is 23.3 Å². The van der Waals surface area contributed by atoms with E-state index in [0.717, 1.165) is 35.6 Å². The Morgan fingerprint density at radius 1 is 1.10 bits per heavy atom. The summed E-state index contributed by atoms with van der Waals surface area (Å²) in [6.07, 6.45) is 14.7. The number of imidazole rings is 1. The molecule has 4 fully saturated rings. The van der Waals surface area contributed by atoms with Gasteiger partial charge in [0.05, 0.1) is 5.69 Å². The standard InChI is InChI=1S/C27H34N2O2/c1-26(2,3)31-25(30)9-8-18-4-6-19(7-5-18)13-24-28-17-23(29-24)27-14-20-10-21(15-27)12-22(11-20)16-27/h4-9,17,20-22H,10-16H2,1-3H3,(H,28,29)/b9-8+. The second kappa shape index (κ2) is 7.65. The summed E-state index contributed by atoms with van der Waals surface area (Å²) in [6, 6.07) is 8.31. The number of nitrogens with one attached hydrogen (secondary N) is 1. The highest BCUT2D eigenvalue weighted by Crippen LogP contribution is 2.60. The van der Waals surface area contributed by atoms with E-state index < -0.39 is 5.60 Å². The van der Waals surface area contributed by atoms with Gasteiger partial charge < -0.3 is 9.72 Å². The molecule has 0 radical (unpaired) electrons. The molecule has 4 aliphatic carbocycles. The lowest BCUT2D eigenvalue weighted by Crippen LogP contribution is -2.48. The predicted molar refractivity (Wildman–Crippen MR) is 123 cm³/mol. The van der Waals surface area contributed by atoms with Crippen molar-refractivity contribution in [2.45, 2.75) is 76.7 Å². The van der Waals surface area contributed by atoms with E-state index >= 15 is 0 Å². The van der Waals surface area contributed by atoms with E-state index in [0.29, 0.717) is 5.41 Å². The van der Waals surface area contributed by atoms with E-state index in [-0.39, 0.29) is 5.97 Å². The fourth-order valence-corrected chi connectivity index (χ4v) is 6.59. The normalized spacial score (nSPS) is 29.6. The van der Waals surface area contributed by atoms with Crippen LogP contribution in [-0.2, 0) is 21.4 Å². The molecule has 4 nitrogen and oxygen atoms in total. The lowest BCUT2D eigenvalue weighted by Gasteiger charge is -2.56. The summed E-state index contributed by atoms with van der Waals surface area (Å²) in [5, 5.41) is 0. The van der Waals surface area contributed by atoms with Crippen molar-refractivity contribution in [2.75, 3.05) is 0 Å². The van der Waals surface area contributed by atoms with E-state index in [4.69, 9.17) is 9.72 Å². The molecule has 31 heavy (non-hydrogen) atoms. The summed E-state index contributed by atoms with van der Waals surface area (Å²) >= 11 is 0. The highest BCUT2D eigenvalue weighted by atomic mass is 16.6. The van der Waals surface area contributed by atoms with Gasteiger partial charge in [0.25, 0.3) is 0 Å². The molecule has 0 saturated heterocycles. The van der Waals surface area contributed by atoms with E-state index in [1.165, 1.54) is 55.9 Å². The number of aromatic nitrogens is 2. The molecule has 2 aromatic rings. The number of esters is 1. The molecular weight excluding hydrogens is 384 g/mol. The molecule has 4 aliphatic rings. The molecule has 0 spiro atoms. The van der Waals surface area contributed by atoms with Crippen molar-refractivity contribution in [2.24, 2.45) is 17.8 Å². The molecule has 1 N–H and O–H groups in total. The molecule has 4 heteroatoms. The van der Waals surface area contributed by atoms with Crippen LogP contribution in [0.3, 0.4) is 0 Å². The van der Waals surface area contributed by atoms with Crippen molar-refractivity contribution in [1.82, 2.24) is 9.97 Å². The lowest BCUT2D eigenvalue weighted by atomic mass is 9.49. The number of H-pyrrole nitrogens is 1. The lowest BCUT2D eigenvalue weighted by molar-refractivity contribution is -0.148. The Balaban J connectivity index is 1.23. The molecule has 1 heterocycles. The summed E-state index contributed by atoms with van der Waals surface area (Å²) < 4.78 is 5.31. The van der Waals surface area contributed by atoms with Crippen LogP contribution in [0.2, 0.25) is 0 Å². The molecule has 0 amide bonds. The zero-order valence-electron chi connectivity index (χ0n) is 19.0. The molecule has 1 aromatic heterocycles. The first-order valence-electron chi connectivity index (χ1n) is 11.8. The largest absolute Gasteiger partial charge is 0.457 e. The zero-order chi connectivity index (χ0) is 21.6. The van der Waals surface area contributed by atoms with Crippen molar-refractivity contribution in [3.8, 4) is 0 Å². The van der Waals surface area contributed by atoms with Gasteiger partial charge in [-0.3, -0.25) is 0 Å². The number of rotatable bonds is 5. The number of benzene rings is 1. The minimum atomic E-state index is -0.469. The van der Waals surface area contributed by atoms with Gasteiger partial charge >= 0.3 is 5.97 Å². The quantitative estimate of drug-likeness (QED) is 0.491. The molecule has 4 saturated carbocycles. The minimum absolute atomic E-state index is 0.315. The fourth-order valence-electron chi connectivity index (χ4n) is 6.59. The monoisotopic (exact) mass is 418 g/mol. The number of ether oxygens (including phenoxy) is 1. The van der Waals surface area contributed by atoms with Crippen molar-refractivity contribution in [1.29, 1.82) is 0 Å². The highest BCUT2D eigenvalue weighted by molar-refractivity contribution is 5.87. The first-order valence-corrected chi connectivity index (χ1v) is 11.8. The number of aromatic amines is 1. The number of nitrogens with zero attached hydrogens (tertiary/aromatic N) is 1. The van der Waals surface area contributed by atoms with E-state index in [1.54, 1.807) is 6.08 Å². The molecule has 164 valence electrons. The van der Waals surface area contributed by atoms with E-state index in [1.807, 2.05) is 32.9 Å². The van der Waals surface area contributed by atoms with Crippen LogP contribution in [0.4, 0.5) is 0 Å². The van der Waals surface area contributed by atoms with Crippen LogP contribution in [0, 0.1) is 17.8 Å². The average molecular weight is 419 g/mol. The Morgan fingerprint density at radius 3 is 2.29 bits per heavy atom. The zero-order valence-corrected chi connectivity index (χ0v) is 19.0. The van der Waals surface area contributed by atoms with Gasteiger partial charge in [-0.05, 0) is 94.3 Å². The topological polar surface area (TPSA) is 55.0 Å². The van der Waals surface area contributed by atoms with Gasteiger partial charge in [-0.2, -0.15) is 0 Å². The van der Waals surface area contributed by atoms with Crippen LogP contribution in [-0.4, -0.2) is 21.5 Å². The Bertz CT molecular complexity index is 942. The van der Waals surface area contributed by atoms with Gasteiger partial charge in [-0.15, -0.1) is 0 Å². The second-order valence-corrected chi connectivity index (χ2v) is 11.2. The van der Waals surface area contributed by atoms with Crippen LogP contribution in [0.25, 0.3) is 6.08 Å². The highest BCUT2D eigenvalue weighted by Gasteiger charge is 2.52. The van der Waals surface area contributed by atoms with Crippen LogP contribution >= 0.6 is 0 Å². The van der Waals surface area contributed by atoms with Gasteiger partial charge in [-0.1, -0.05) is 24.3 Å². The van der Waals surface area contributed by atoms with Crippen LogP contribution < -0.4 is 0 Å². The Hall–Kier alpha value is -2.36. The van der Waals surface area contributed by atoms with Crippen molar-refractivity contribution >= 4 is 12.0 Å².